The molecule has 1 aliphatic heterocycles. The van der Waals surface area contributed by atoms with Gasteiger partial charge in [-0.2, -0.15) is 0 Å². The second-order valence-electron chi connectivity index (χ2n) is 6.19. The van der Waals surface area contributed by atoms with Crippen LogP contribution >= 0.6 is 11.6 Å². The number of ether oxygens (including phenoxy) is 1. The summed E-state index contributed by atoms with van der Waals surface area (Å²) < 4.78 is 18.6. The zero-order valence-corrected chi connectivity index (χ0v) is 15.9. The maximum atomic E-state index is 13.1. The lowest BCUT2D eigenvalue weighted by Crippen LogP contribution is -2.45. The van der Waals surface area contributed by atoms with Crippen molar-refractivity contribution in [2.45, 2.75) is 12.5 Å². The third kappa shape index (κ3) is 5.47. The van der Waals surface area contributed by atoms with E-state index in [0.717, 1.165) is 25.3 Å². The Balaban J connectivity index is 1.42. The first-order chi connectivity index (χ1) is 13.2. The number of benzene rings is 1. The minimum atomic E-state index is -0.309. The van der Waals surface area contributed by atoms with Crippen molar-refractivity contribution in [2.75, 3.05) is 38.2 Å². The molecule has 0 saturated carbocycles. The number of rotatable bonds is 6. The third-order valence-corrected chi connectivity index (χ3v) is 4.55. The van der Waals surface area contributed by atoms with Crippen LogP contribution in [-0.2, 0) is 0 Å². The maximum Gasteiger partial charge on any atom is 0.191 e. The Kier molecular flexibility index (Phi) is 6.70. The lowest BCUT2D eigenvalue weighted by atomic mass is 10.3. The van der Waals surface area contributed by atoms with Crippen LogP contribution in [0.25, 0.3) is 0 Å². The summed E-state index contributed by atoms with van der Waals surface area (Å²) in [6, 6.07) is 10.0. The van der Waals surface area contributed by atoms with Gasteiger partial charge in [0, 0.05) is 38.4 Å². The Morgan fingerprint density at radius 2 is 2.30 bits per heavy atom. The average molecular weight is 392 g/mol. The van der Waals surface area contributed by atoms with Gasteiger partial charge in [0.1, 0.15) is 24.0 Å². The van der Waals surface area contributed by atoms with E-state index in [1.165, 1.54) is 12.1 Å². The van der Waals surface area contributed by atoms with Gasteiger partial charge in [0.15, 0.2) is 5.96 Å². The summed E-state index contributed by atoms with van der Waals surface area (Å²) >= 11 is 6.23. The van der Waals surface area contributed by atoms with Crippen molar-refractivity contribution in [1.82, 2.24) is 15.6 Å². The van der Waals surface area contributed by atoms with Crippen LogP contribution in [-0.4, -0.2) is 50.3 Å². The molecule has 0 bridgehead atoms. The first-order valence-corrected chi connectivity index (χ1v) is 9.24. The summed E-state index contributed by atoms with van der Waals surface area (Å²) in [6.07, 6.45) is 2.72. The number of nitrogens with one attached hydrogen (secondary N) is 2. The van der Waals surface area contributed by atoms with E-state index in [0.29, 0.717) is 29.9 Å². The van der Waals surface area contributed by atoms with Crippen molar-refractivity contribution in [3.8, 4) is 5.75 Å². The molecule has 1 aliphatic rings. The second-order valence-corrected chi connectivity index (χ2v) is 6.60. The SMILES string of the molecule is CN=C(NCCOc1cccc(F)c1)NC1CCN(c2ncccc2Cl)C1. The quantitative estimate of drug-likeness (QED) is 0.450. The fourth-order valence-electron chi connectivity index (χ4n) is 2.96. The smallest absolute Gasteiger partial charge is 0.191 e. The minimum absolute atomic E-state index is 0.249. The van der Waals surface area contributed by atoms with Crippen molar-refractivity contribution in [2.24, 2.45) is 4.99 Å². The first kappa shape index (κ1) is 19.2. The molecule has 6 nitrogen and oxygen atoms in total. The van der Waals surface area contributed by atoms with E-state index in [-0.39, 0.29) is 11.9 Å². The van der Waals surface area contributed by atoms with E-state index in [4.69, 9.17) is 16.3 Å². The van der Waals surface area contributed by atoms with Gasteiger partial charge in [-0.25, -0.2) is 9.37 Å². The molecule has 2 N–H and O–H groups in total. The van der Waals surface area contributed by atoms with Crippen molar-refractivity contribution in [3.63, 3.8) is 0 Å². The molecule has 2 aromatic rings. The summed E-state index contributed by atoms with van der Waals surface area (Å²) in [7, 11) is 1.73. The fraction of sp³-hybridized carbons (Fsp3) is 0.368. The minimum Gasteiger partial charge on any atom is -0.492 e. The largest absolute Gasteiger partial charge is 0.492 e. The Morgan fingerprint density at radius 1 is 1.41 bits per heavy atom. The summed E-state index contributed by atoms with van der Waals surface area (Å²) in [5.74, 6) is 1.72. The highest BCUT2D eigenvalue weighted by atomic mass is 35.5. The summed E-state index contributed by atoms with van der Waals surface area (Å²) in [5.41, 5.74) is 0. The average Bonchev–Trinajstić information content (AvgIpc) is 3.13. The molecule has 0 amide bonds. The molecule has 1 fully saturated rings. The fourth-order valence-corrected chi connectivity index (χ4v) is 3.20. The first-order valence-electron chi connectivity index (χ1n) is 8.86. The lowest BCUT2D eigenvalue weighted by molar-refractivity contribution is 0.320. The van der Waals surface area contributed by atoms with Crippen LogP contribution in [0.15, 0.2) is 47.6 Å². The number of anilines is 1. The van der Waals surface area contributed by atoms with Gasteiger partial charge in [0.25, 0.3) is 0 Å². The van der Waals surface area contributed by atoms with Crippen LogP contribution in [0.5, 0.6) is 5.75 Å². The van der Waals surface area contributed by atoms with E-state index in [1.807, 2.05) is 12.1 Å². The van der Waals surface area contributed by atoms with Crippen LogP contribution in [0.3, 0.4) is 0 Å². The van der Waals surface area contributed by atoms with Gasteiger partial charge < -0.3 is 20.3 Å². The standard InChI is InChI=1S/C19H23ClFN5O/c1-22-19(24-9-11-27-16-5-2-4-14(21)12-16)25-15-7-10-26(13-15)18-17(20)6-3-8-23-18/h2-6,8,12,15H,7,9-11,13H2,1H3,(H2,22,24,25). The molecular formula is C19H23ClFN5O. The van der Waals surface area contributed by atoms with E-state index in [1.54, 1.807) is 25.4 Å². The number of guanidine groups is 1. The Labute approximate surface area is 163 Å². The second kappa shape index (κ2) is 9.41. The van der Waals surface area contributed by atoms with Crippen LogP contribution in [0, 0.1) is 5.82 Å². The van der Waals surface area contributed by atoms with Gasteiger partial charge in [-0.15, -0.1) is 0 Å². The van der Waals surface area contributed by atoms with Gasteiger partial charge in [-0.3, -0.25) is 4.99 Å². The number of hydrogen-bond donors (Lipinski definition) is 2. The molecule has 2 heterocycles. The number of halogens is 2. The molecule has 1 saturated heterocycles. The monoisotopic (exact) mass is 391 g/mol. The molecule has 1 atom stereocenters. The topological polar surface area (TPSA) is 61.8 Å². The van der Waals surface area contributed by atoms with Crippen LogP contribution in [0.4, 0.5) is 10.2 Å². The molecule has 0 aliphatic carbocycles. The molecule has 1 unspecified atom stereocenters. The third-order valence-electron chi connectivity index (χ3n) is 4.25. The molecule has 0 spiro atoms. The van der Waals surface area contributed by atoms with Crippen LogP contribution in [0.1, 0.15) is 6.42 Å². The molecule has 144 valence electrons. The van der Waals surface area contributed by atoms with Gasteiger partial charge in [0.2, 0.25) is 0 Å². The van der Waals surface area contributed by atoms with E-state index in [2.05, 4.69) is 25.5 Å². The van der Waals surface area contributed by atoms with E-state index in [9.17, 15) is 4.39 Å². The van der Waals surface area contributed by atoms with Gasteiger partial charge in [-0.1, -0.05) is 17.7 Å². The Bertz CT molecular complexity index is 788. The van der Waals surface area contributed by atoms with Crippen molar-refractivity contribution in [3.05, 3.63) is 53.4 Å². The number of nitrogens with zero attached hydrogens (tertiary/aromatic N) is 3. The van der Waals surface area contributed by atoms with E-state index >= 15 is 0 Å². The lowest BCUT2D eigenvalue weighted by Gasteiger charge is -2.20. The molecule has 1 aromatic carbocycles. The molecule has 1 aromatic heterocycles. The van der Waals surface area contributed by atoms with E-state index < -0.39 is 0 Å². The van der Waals surface area contributed by atoms with Crippen molar-refractivity contribution >= 4 is 23.4 Å². The summed E-state index contributed by atoms with van der Waals surface area (Å²) in [5, 5.41) is 7.27. The molecule has 3 rings (SSSR count). The van der Waals surface area contributed by atoms with Crippen LogP contribution in [0.2, 0.25) is 5.02 Å². The maximum absolute atomic E-state index is 13.1. The number of aliphatic imine (C=N–C) groups is 1. The van der Waals surface area contributed by atoms with Gasteiger partial charge in [-0.05, 0) is 30.7 Å². The predicted molar refractivity (Wildman–Crippen MR) is 106 cm³/mol. The predicted octanol–water partition coefficient (Wildman–Crippen LogP) is 2.70. The van der Waals surface area contributed by atoms with Gasteiger partial charge in [0.05, 0.1) is 11.6 Å². The number of pyridine rings is 1. The van der Waals surface area contributed by atoms with Crippen LogP contribution < -0.4 is 20.3 Å². The molecule has 27 heavy (non-hydrogen) atoms. The van der Waals surface area contributed by atoms with Crippen molar-refractivity contribution in [1.29, 1.82) is 0 Å². The highest BCUT2D eigenvalue weighted by molar-refractivity contribution is 6.32. The Morgan fingerprint density at radius 3 is 3.07 bits per heavy atom. The summed E-state index contributed by atoms with van der Waals surface area (Å²) in [4.78, 5) is 10.8. The highest BCUT2D eigenvalue weighted by Crippen LogP contribution is 2.25. The zero-order valence-electron chi connectivity index (χ0n) is 15.2. The van der Waals surface area contributed by atoms with Crippen molar-refractivity contribution < 1.29 is 9.13 Å². The summed E-state index contributed by atoms with van der Waals surface area (Å²) in [6.45, 7) is 2.65. The zero-order chi connectivity index (χ0) is 19.1. The molecule has 0 radical (unpaired) electrons. The normalized spacial score (nSPS) is 17.1. The van der Waals surface area contributed by atoms with Gasteiger partial charge >= 0.3 is 0 Å². The molecular weight excluding hydrogens is 369 g/mol. The molecule has 8 heteroatoms. The number of hydrogen-bond acceptors (Lipinski definition) is 4. The highest BCUT2D eigenvalue weighted by Gasteiger charge is 2.25. The number of aromatic nitrogens is 1. The Hall–Kier alpha value is -2.54.